The number of halogens is 3. The second-order valence-electron chi connectivity index (χ2n) is 4.58. The van der Waals surface area contributed by atoms with Crippen LogP contribution in [0.1, 0.15) is 12.0 Å². The van der Waals surface area contributed by atoms with Crippen molar-refractivity contribution >= 4 is 15.7 Å². The molecule has 0 atom stereocenters. The highest BCUT2D eigenvalue weighted by atomic mass is 32.2. The lowest BCUT2D eigenvalue weighted by atomic mass is 10.2. The summed E-state index contributed by atoms with van der Waals surface area (Å²) in [6.07, 6.45) is -4.40. The zero-order valence-corrected chi connectivity index (χ0v) is 12.9. The highest BCUT2D eigenvalue weighted by molar-refractivity contribution is 7.89. The molecule has 0 aliphatic heterocycles. The van der Waals surface area contributed by atoms with E-state index in [1.54, 1.807) is 0 Å². The van der Waals surface area contributed by atoms with Gasteiger partial charge in [-0.1, -0.05) is 6.07 Å². The van der Waals surface area contributed by atoms with Crippen LogP contribution >= 0.6 is 0 Å². The summed E-state index contributed by atoms with van der Waals surface area (Å²) in [7, 11) is -3.99. The van der Waals surface area contributed by atoms with Crippen LogP contribution in [0.4, 0.5) is 18.9 Å². The van der Waals surface area contributed by atoms with Crippen molar-refractivity contribution in [3.63, 3.8) is 0 Å². The Labute approximate surface area is 130 Å². The normalized spacial score (nSPS) is 12.3. The van der Waals surface area contributed by atoms with Gasteiger partial charge in [-0.05, 0) is 19.4 Å². The summed E-state index contributed by atoms with van der Waals surface area (Å²) in [5, 5.41) is 10.8. The molecule has 0 saturated carbocycles. The Kier molecular flexibility index (Phi) is 6.47. The molecule has 0 bridgehead atoms. The average molecular weight is 356 g/mol. The van der Waals surface area contributed by atoms with E-state index in [0.29, 0.717) is 0 Å². The van der Waals surface area contributed by atoms with Crippen LogP contribution in [0.2, 0.25) is 0 Å². The standard InChI is InChI=1S/C12H15F3N2O5S/c1-9-10(17(18)19)4-2-5-11(9)23(20,21)16-6-3-7-22-8-12(13,14)15/h2,4-5,16H,3,6-8H2,1H3. The van der Waals surface area contributed by atoms with Gasteiger partial charge in [-0.2, -0.15) is 13.2 Å². The molecule has 1 N–H and O–H groups in total. The first-order valence-electron chi connectivity index (χ1n) is 6.43. The van der Waals surface area contributed by atoms with Crippen molar-refractivity contribution in [2.75, 3.05) is 19.8 Å². The Morgan fingerprint density at radius 2 is 2.00 bits per heavy atom. The molecule has 11 heteroatoms. The molecular weight excluding hydrogens is 341 g/mol. The number of ether oxygens (including phenoxy) is 1. The number of alkyl halides is 3. The van der Waals surface area contributed by atoms with Crippen LogP contribution in [0.5, 0.6) is 0 Å². The van der Waals surface area contributed by atoms with Crippen molar-refractivity contribution in [2.45, 2.75) is 24.4 Å². The molecule has 0 aliphatic rings. The van der Waals surface area contributed by atoms with Crippen LogP contribution in [0, 0.1) is 17.0 Å². The van der Waals surface area contributed by atoms with Gasteiger partial charge in [0.15, 0.2) is 0 Å². The van der Waals surface area contributed by atoms with E-state index in [1.807, 2.05) is 0 Å². The predicted octanol–water partition coefficient (Wildman–Crippen LogP) is 2.15. The zero-order valence-electron chi connectivity index (χ0n) is 12.1. The van der Waals surface area contributed by atoms with Gasteiger partial charge in [0, 0.05) is 24.8 Å². The maximum absolute atomic E-state index is 12.1. The van der Waals surface area contributed by atoms with Crippen molar-refractivity contribution in [1.29, 1.82) is 0 Å². The van der Waals surface area contributed by atoms with E-state index in [-0.39, 0.29) is 35.7 Å². The average Bonchev–Trinajstić information content (AvgIpc) is 2.41. The van der Waals surface area contributed by atoms with Crippen molar-refractivity contribution < 1.29 is 31.2 Å². The van der Waals surface area contributed by atoms with E-state index in [4.69, 9.17) is 0 Å². The molecule has 0 aromatic heterocycles. The fourth-order valence-electron chi connectivity index (χ4n) is 1.74. The van der Waals surface area contributed by atoms with Gasteiger partial charge in [0.2, 0.25) is 10.0 Å². The molecule has 0 spiro atoms. The molecule has 0 fully saturated rings. The summed E-state index contributed by atoms with van der Waals surface area (Å²) in [5.74, 6) is 0. The minimum absolute atomic E-state index is 0.0154. The molecule has 0 radical (unpaired) electrons. The van der Waals surface area contributed by atoms with Gasteiger partial charge in [0.1, 0.15) is 6.61 Å². The molecule has 1 aromatic rings. The quantitative estimate of drug-likeness (QED) is 0.437. The van der Waals surface area contributed by atoms with E-state index in [2.05, 4.69) is 9.46 Å². The second kappa shape index (κ2) is 7.70. The van der Waals surface area contributed by atoms with E-state index >= 15 is 0 Å². The maximum Gasteiger partial charge on any atom is 0.411 e. The molecule has 7 nitrogen and oxygen atoms in total. The molecule has 0 amide bonds. The molecule has 130 valence electrons. The number of nitrogens with zero attached hydrogens (tertiary/aromatic N) is 1. The Balaban J connectivity index is 2.61. The first-order chi connectivity index (χ1) is 10.5. The third-order valence-electron chi connectivity index (χ3n) is 2.76. The largest absolute Gasteiger partial charge is 0.411 e. The minimum atomic E-state index is -4.43. The van der Waals surface area contributed by atoms with Gasteiger partial charge in [-0.25, -0.2) is 13.1 Å². The number of sulfonamides is 1. The lowest BCUT2D eigenvalue weighted by molar-refractivity contribution is -0.385. The molecule has 0 aliphatic carbocycles. The van der Waals surface area contributed by atoms with E-state index in [1.165, 1.54) is 25.1 Å². The van der Waals surface area contributed by atoms with E-state index in [9.17, 15) is 31.7 Å². The molecule has 1 rings (SSSR count). The van der Waals surface area contributed by atoms with Gasteiger partial charge in [-0.3, -0.25) is 10.1 Å². The topological polar surface area (TPSA) is 98.5 Å². The van der Waals surface area contributed by atoms with Crippen molar-refractivity contribution in [1.82, 2.24) is 4.72 Å². The number of rotatable bonds is 8. The molecule has 0 unspecified atom stereocenters. The monoisotopic (exact) mass is 356 g/mol. The number of nitro benzene ring substituents is 1. The Morgan fingerprint density at radius 1 is 1.35 bits per heavy atom. The van der Waals surface area contributed by atoms with E-state index in [0.717, 1.165) is 0 Å². The van der Waals surface area contributed by atoms with Crippen LogP contribution in [0.3, 0.4) is 0 Å². The van der Waals surface area contributed by atoms with Crippen molar-refractivity contribution in [3.05, 3.63) is 33.9 Å². The van der Waals surface area contributed by atoms with Crippen LogP contribution in [-0.4, -0.2) is 39.3 Å². The fourth-order valence-corrected chi connectivity index (χ4v) is 3.07. The van der Waals surface area contributed by atoms with Crippen LogP contribution < -0.4 is 4.72 Å². The zero-order chi connectivity index (χ0) is 17.7. The summed E-state index contributed by atoms with van der Waals surface area (Å²) in [6, 6.07) is 3.64. The third-order valence-corrected chi connectivity index (χ3v) is 4.37. The second-order valence-corrected chi connectivity index (χ2v) is 6.31. The lowest BCUT2D eigenvalue weighted by Crippen LogP contribution is -2.27. The summed E-state index contributed by atoms with van der Waals surface area (Å²) in [4.78, 5) is 9.85. The van der Waals surface area contributed by atoms with Crippen LogP contribution in [-0.2, 0) is 14.8 Å². The number of nitrogens with one attached hydrogen (secondary N) is 1. The number of hydrogen-bond acceptors (Lipinski definition) is 5. The van der Waals surface area contributed by atoms with Gasteiger partial charge < -0.3 is 4.74 Å². The molecule has 23 heavy (non-hydrogen) atoms. The van der Waals surface area contributed by atoms with E-state index < -0.39 is 27.7 Å². The molecule has 0 heterocycles. The molecule has 0 saturated heterocycles. The number of nitro groups is 1. The van der Waals surface area contributed by atoms with Crippen molar-refractivity contribution in [2.24, 2.45) is 0 Å². The van der Waals surface area contributed by atoms with Crippen LogP contribution in [0.15, 0.2) is 23.1 Å². The molecular formula is C12H15F3N2O5S. The Hall–Kier alpha value is -1.72. The fraction of sp³-hybridized carbons (Fsp3) is 0.500. The van der Waals surface area contributed by atoms with Gasteiger partial charge >= 0.3 is 6.18 Å². The van der Waals surface area contributed by atoms with Crippen molar-refractivity contribution in [3.8, 4) is 0 Å². The summed E-state index contributed by atoms with van der Waals surface area (Å²) >= 11 is 0. The predicted molar refractivity (Wildman–Crippen MR) is 74.5 cm³/mol. The number of benzene rings is 1. The SMILES string of the molecule is Cc1c([N+](=O)[O-])cccc1S(=O)(=O)NCCCOCC(F)(F)F. The first-order valence-corrected chi connectivity index (χ1v) is 7.91. The maximum atomic E-state index is 12.1. The first kappa shape index (κ1) is 19.3. The van der Waals surface area contributed by atoms with Gasteiger partial charge in [0.05, 0.1) is 9.82 Å². The van der Waals surface area contributed by atoms with Gasteiger partial charge in [0.25, 0.3) is 5.69 Å². The van der Waals surface area contributed by atoms with Crippen LogP contribution in [0.25, 0.3) is 0 Å². The molecule has 1 aromatic carbocycles. The summed E-state index contributed by atoms with van der Waals surface area (Å²) in [5.41, 5.74) is -0.347. The summed E-state index contributed by atoms with van der Waals surface area (Å²) < 4.78 is 66.1. The smallest absolute Gasteiger partial charge is 0.372 e. The van der Waals surface area contributed by atoms with Gasteiger partial charge in [-0.15, -0.1) is 0 Å². The number of hydrogen-bond donors (Lipinski definition) is 1. The minimum Gasteiger partial charge on any atom is -0.372 e. The highest BCUT2D eigenvalue weighted by Gasteiger charge is 2.27. The summed E-state index contributed by atoms with van der Waals surface area (Å²) in [6.45, 7) is -0.513. The Bertz CT molecular complexity index is 661. The Morgan fingerprint density at radius 3 is 2.57 bits per heavy atom. The third kappa shape index (κ3) is 6.12. The lowest BCUT2D eigenvalue weighted by Gasteiger charge is -2.10. The highest BCUT2D eigenvalue weighted by Crippen LogP contribution is 2.24.